The Kier molecular flexibility index (Phi) is 5.13. The number of methoxy groups -OCH3 is 1. The van der Waals surface area contributed by atoms with Crippen molar-refractivity contribution >= 4 is 34.5 Å². The van der Waals surface area contributed by atoms with Crippen LogP contribution < -0.4 is 9.64 Å². The van der Waals surface area contributed by atoms with E-state index in [1.54, 1.807) is 30.5 Å². The first-order chi connectivity index (χ1) is 11.7. The third-order valence-electron chi connectivity index (χ3n) is 3.53. The number of halogens is 1. The maximum Gasteiger partial charge on any atom is 0.270 e. The summed E-state index contributed by atoms with van der Waals surface area (Å²) in [5, 5.41) is 2.28. The van der Waals surface area contributed by atoms with E-state index in [9.17, 15) is 4.79 Å². The van der Waals surface area contributed by atoms with Crippen LogP contribution in [0.1, 0.15) is 15.2 Å². The van der Waals surface area contributed by atoms with E-state index in [0.29, 0.717) is 16.4 Å². The third-order valence-corrected chi connectivity index (χ3v) is 4.86. The third kappa shape index (κ3) is 3.58. The number of nitrogens with zero attached hydrogens (tertiary/aromatic N) is 2. The molecule has 24 heavy (non-hydrogen) atoms. The van der Waals surface area contributed by atoms with Gasteiger partial charge in [0.2, 0.25) is 0 Å². The molecule has 1 amide bonds. The van der Waals surface area contributed by atoms with Gasteiger partial charge in [-0.1, -0.05) is 23.7 Å². The van der Waals surface area contributed by atoms with E-state index in [2.05, 4.69) is 4.98 Å². The number of carbonyl (C=O) groups excluding carboxylic acids is 1. The van der Waals surface area contributed by atoms with Gasteiger partial charge in [0.25, 0.3) is 5.91 Å². The number of thiophene rings is 1. The summed E-state index contributed by atoms with van der Waals surface area (Å²) >= 11 is 7.48. The highest BCUT2D eigenvalue weighted by molar-refractivity contribution is 7.12. The summed E-state index contributed by atoms with van der Waals surface area (Å²) in [5.74, 6) is 0.652. The van der Waals surface area contributed by atoms with Crippen molar-refractivity contribution < 1.29 is 9.53 Å². The SMILES string of the molecule is COc1ccc(CN(C(=O)c2sccc2Cl)c2ccncc2)cc1. The van der Waals surface area contributed by atoms with E-state index in [1.807, 2.05) is 41.8 Å². The van der Waals surface area contributed by atoms with Crippen LogP contribution in [0.4, 0.5) is 5.69 Å². The fourth-order valence-corrected chi connectivity index (χ4v) is 3.37. The standard InChI is InChI=1S/C18H15ClN2O2S/c1-23-15-4-2-13(3-5-15)12-21(14-6-9-20-10-7-14)18(22)17-16(19)8-11-24-17/h2-11H,12H2,1H3. The van der Waals surface area contributed by atoms with Gasteiger partial charge in [-0.25, -0.2) is 0 Å². The predicted octanol–water partition coefficient (Wildman–Crippen LogP) is 4.65. The molecule has 6 heteroatoms. The Morgan fingerprint density at radius 2 is 1.88 bits per heavy atom. The van der Waals surface area contributed by atoms with Crippen molar-refractivity contribution in [2.75, 3.05) is 12.0 Å². The lowest BCUT2D eigenvalue weighted by molar-refractivity contribution is 0.0989. The van der Waals surface area contributed by atoms with Gasteiger partial charge in [-0.15, -0.1) is 11.3 Å². The summed E-state index contributed by atoms with van der Waals surface area (Å²) < 4.78 is 5.18. The molecule has 0 radical (unpaired) electrons. The summed E-state index contributed by atoms with van der Waals surface area (Å²) in [6.07, 6.45) is 3.33. The number of hydrogen-bond donors (Lipinski definition) is 0. The lowest BCUT2D eigenvalue weighted by Gasteiger charge is -2.22. The first kappa shape index (κ1) is 16.5. The molecule has 3 rings (SSSR count). The van der Waals surface area contributed by atoms with Crippen LogP contribution in [-0.2, 0) is 6.54 Å². The van der Waals surface area contributed by atoms with Crippen LogP contribution in [0.5, 0.6) is 5.75 Å². The van der Waals surface area contributed by atoms with Crippen molar-refractivity contribution in [2.24, 2.45) is 0 Å². The second-order valence-corrected chi connectivity index (χ2v) is 6.37. The van der Waals surface area contributed by atoms with Crippen LogP contribution in [0.15, 0.2) is 60.2 Å². The highest BCUT2D eigenvalue weighted by Gasteiger charge is 2.21. The summed E-state index contributed by atoms with van der Waals surface area (Å²) in [7, 11) is 1.63. The van der Waals surface area contributed by atoms with Crippen LogP contribution in [0, 0.1) is 0 Å². The minimum atomic E-state index is -0.128. The second kappa shape index (κ2) is 7.47. The van der Waals surface area contributed by atoms with Gasteiger partial charge < -0.3 is 9.64 Å². The van der Waals surface area contributed by atoms with Crippen molar-refractivity contribution in [3.05, 3.63) is 75.7 Å². The van der Waals surface area contributed by atoms with Gasteiger partial charge in [-0.05, 0) is 41.3 Å². The second-order valence-electron chi connectivity index (χ2n) is 5.04. The highest BCUT2D eigenvalue weighted by Crippen LogP contribution is 2.27. The molecule has 2 aromatic heterocycles. The Morgan fingerprint density at radius 3 is 2.46 bits per heavy atom. The van der Waals surface area contributed by atoms with E-state index in [-0.39, 0.29) is 5.91 Å². The molecular weight excluding hydrogens is 344 g/mol. The molecule has 0 bridgehead atoms. The van der Waals surface area contributed by atoms with Crippen molar-refractivity contribution in [1.29, 1.82) is 0 Å². The number of benzene rings is 1. The molecule has 0 aliphatic heterocycles. The van der Waals surface area contributed by atoms with E-state index < -0.39 is 0 Å². The first-order valence-electron chi connectivity index (χ1n) is 7.27. The zero-order chi connectivity index (χ0) is 16.9. The molecule has 122 valence electrons. The molecule has 2 heterocycles. The number of anilines is 1. The summed E-state index contributed by atoms with van der Waals surface area (Å²) in [6, 6.07) is 13.0. The summed E-state index contributed by atoms with van der Waals surface area (Å²) in [4.78, 5) is 19.2. The number of aromatic nitrogens is 1. The molecular formula is C18H15ClN2O2S. The zero-order valence-electron chi connectivity index (χ0n) is 13.0. The number of pyridine rings is 1. The summed E-state index contributed by atoms with van der Waals surface area (Å²) in [5.41, 5.74) is 1.77. The van der Waals surface area contributed by atoms with E-state index >= 15 is 0 Å². The normalized spacial score (nSPS) is 10.4. The predicted molar refractivity (Wildman–Crippen MR) is 97.1 cm³/mol. The van der Waals surface area contributed by atoms with Crippen LogP contribution >= 0.6 is 22.9 Å². The lowest BCUT2D eigenvalue weighted by atomic mass is 10.2. The Labute approximate surface area is 149 Å². The van der Waals surface area contributed by atoms with E-state index in [0.717, 1.165) is 17.0 Å². The fraction of sp³-hybridized carbons (Fsp3) is 0.111. The molecule has 0 spiro atoms. The molecule has 0 unspecified atom stereocenters. The van der Waals surface area contributed by atoms with Crippen molar-refractivity contribution in [2.45, 2.75) is 6.54 Å². The highest BCUT2D eigenvalue weighted by atomic mass is 35.5. The average molecular weight is 359 g/mol. The number of amides is 1. The Balaban J connectivity index is 1.93. The fourth-order valence-electron chi connectivity index (χ4n) is 2.29. The average Bonchev–Trinajstić information content (AvgIpc) is 3.06. The van der Waals surface area contributed by atoms with Gasteiger partial charge in [-0.2, -0.15) is 0 Å². The largest absolute Gasteiger partial charge is 0.497 e. The molecule has 0 atom stereocenters. The van der Waals surface area contributed by atoms with Crippen LogP contribution in [0.2, 0.25) is 5.02 Å². The quantitative estimate of drug-likeness (QED) is 0.666. The molecule has 1 aromatic carbocycles. The van der Waals surface area contributed by atoms with Gasteiger partial charge in [-0.3, -0.25) is 9.78 Å². The van der Waals surface area contributed by atoms with E-state index in [1.165, 1.54) is 11.3 Å². The van der Waals surface area contributed by atoms with Crippen LogP contribution in [0.3, 0.4) is 0 Å². The molecule has 0 saturated carbocycles. The van der Waals surface area contributed by atoms with Crippen molar-refractivity contribution in [1.82, 2.24) is 4.98 Å². The molecule has 0 aliphatic rings. The smallest absolute Gasteiger partial charge is 0.270 e. The van der Waals surface area contributed by atoms with Crippen LogP contribution in [0.25, 0.3) is 0 Å². The van der Waals surface area contributed by atoms with Crippen molar-refractivity contribution in [3.8, 4) is 5.75 Å². The number of rotatable bonds is 5. The monoisotopic (exact) mass is 358 g/mol. The molecule has 0 fully saturated rings. The maximum atomic E-state index is 13.0. The van der Waals surface area contributed by atoms with Gasteiger partial charge in [0, 0.05) is 18.1 Å². The van der Waals surface area contributed by atoms with Gasteiger partial charge >= 0.3 is 0 Å². The minimum Gasteiger partial charge on any atom is -0.497 e. The molecule has 0 N–H and O–H groups in total. The molecule has 4 nitrogen and oxygen atoms in total. The van der Waals surface area contributed by atoms with E-state index in [4.69, 9.17) is 16.3 Å². The Hall–Kier alpha value is -2.37. The zero-order valence-corrected chi connectivity index (χ0v) is 14.6. The first-order valence-corrected chi connectivity index (χ1v) is 8.52. The number of hydrogen-bond acceptors (Lipinski definition) is 4. The molecule has 0 aliphatic carbocycles. The van der Waals surface area contributed by atoms with Crippen molar-refractivity contribution in [3.63, 3.8) is 0 Å². The maximum absolute atomic E-state index is 13.0. The Morgan fingerprint density at radius 1 is 1.17 bits per heavy atom. The topological polar surface area (TPSA) is 42.4 Å². The lowest BCUT2D eigenvalue weighted by Crippen LogP contribution is -2.30. The molecule has 3 aromatic rings. The number of ether oxygens (including phenoxy) is 1. The van der Waals surface area contributed by atoms with Crippen LogP contribution in [-0.4, -0.2) is 18.0 Å². The Bertz CT molecular complexity index is 819. The van der Waals surface area contributed by atoms with Gasteiger partial charge in [0.1, 0.15) is 10.6 Å². The number of carbonyl (C=O) groups is 1. The van der Waals surface area contributed by atoms with Gasteiger partial charge in [0.15, 0.2) is 0 Å². The summed E-state index contributed by atoms with van der Waals surface area (Å²) in [6.45, 7) is 0.432. The van der Waals surface area contributed by atoms with Gasteiger partial charge in [0.05, 0.1) is 18.7 Å². The molecule has 0 saturated heterocycles. The minimum absolute atomic E-state index is 0.128.